The Labute approximate surface area is 75.7 Å². The first-order valence-electron chi connectivity index (χ1n) is 3.56. The molecule has 3 nitrogen and oxygen atoms in total. The third-order valence-electron chi connectivity index (χ3n) is 1.35. The van der Waals surface area contributed by atoms with Crippen LogP contribution in [0.15, 0.2) is 24.4 Å². The summed E-state index contributed by atoms with van der Waals surface area (Å²) in [5, 5.41) is 8.33. The van der Waals surface area contributed by atoms with Gasteiger partial charge in [0, 0.05) is 17.8 Å². The molecule has 13 heavy (non-hydrogen) atoms. The van der Waals surface area contributed by atoms with Crippen molar-refractivity contribution in [1.29, 1.82) is 0 Å². The fourth-order valence-corrected chi connectivity index (χ4v) is 0.746. The molecule has 0 amide bonds. The number of carboxylic acid groups (broad SMARTS) is 1. The molecule has 1 aromatic heterocycles. The molecular formula is C10H7NO2. The topological polar surface area (TPSA) is 50.2 Å². The third-order valence-corrected chi connectivity index (χ3v) is 1.35. The summed E-state index contributed by atoms with van der Waals surface area (Å²) < 4.78 is 0. The van der Waals surface area contributed by atoms with Crippen LogP contribution in [0.1, 0.15) is 11.3 Å². The van der Waals surface area contributed by atoms with Crippen molar-refractivity contribution >= 4 is 12.0 Å². The van der Waals surface area contributed by atoms with E-state index in [4.69, 9.17) is 11.5 Å². The maximum Gasteiger partial charge on any atom is 0.328 e. The Hall–Kier alpha value is -2.08. The lowest BCUT2D eigenvalue weighted by atomic mass is 10.2. The van der Waals surface area contributed by atoms with E-state index in [1.54, 1.807) is 12.1 Å². The highest BCUT2D eigenvalue weighted by molar-refractivity contribution is 5.84. The average Bonchev–Trinajstić information content (AvgIpc) is 2.15. The van der Waals surface area contributed by atoms with Gasteiger partial charge in [0.05, 0.1) is 5.69 Å². The Kier molecular flexibility index (Phi) is 2.82. The fraction of sp³-hybridized carbons (Fsp3) is 0. The first-order valence-corrected chi connectivity index (χ1v) is 3.56. The van der Waals surface area contributed by atoms with Gasteiger partial charge in [0.25, 0.3) is 0 Å². The van der Waals surface area contributed by atoms with E-state index in [9.17, 15) is 4.79 Å². The average molecular weight is 173 g/mol. The molecule has 0 atom stereocenters. The summed E-state index contributed by atoms with van der Waals surface area (Å²) in [5.41, 5.74) is 1.24. The summed E-state index contributed by atoms with van der Waals surface area (Å²) in [6.07, 6.45) is 9.07. The predicted octanol–water partition coefficient (Wildman–Crippen LogP) is 1.16. The van der Waals surface area contributed by atoms with E-state index in [0.717, 1.165) is 6.08 Å². The number of rotatable bonds is 2. The SMILES string of the molecule is C#Cc1ccc(/C=C/C(=O)O)nc1. The van der Waals surface area contributed by atoms with Gasteiger partial charge in [-0.05, 0) is 18.2 Å². The largest absolute Gasteiger partial charge is 0.478 e. The van der Waals surface area contributed by atoms with Crippen molar-refractivity contribution in [3.05, 3.63) is 35.7 Å². The van der Waals surface area contributed by atoms with E-state index in [1.807, 2.05) is 0 Å². The summed E-state index contributed by atoms with van der Waals surface area (Å²) >= 11 is 0. The van der Waals surface area contributed by atoms with Crippen molar-refractivity contribution in [3.63, 3.8) is 0 Å². The van der Waals surface area contributed by atoms with Crippen molar-refractivity contribution in [2.24, 2.45) is 0 Å². The van der Waals surface area contributed by atoms with Crippen LogP contribution in [0.3, 0.4) is 0 Å². The van der Waals surface area contributed by atoms with Crippen LogP contribution in [0.2, 0.25) is 0 Å². The van der Waals surface area contributed by atoms with E-state index in [2.05, 4.69) is 10.9 Å². The van der Waals surface area contributed by atoms with Gasteiger partial charge in [0.15, 0.2) is 0 Å². The van der Waals surface area contributed by atoms with Gasteiger partial charge in [-0.1, -0.05) is 5.92 Å². The standard InChI is InChI=1S/C10H7NO2/c1-2-8-3-4-9(11-7-8)5-6-10(12)13/h1,3-7H,(H,12,13)/b6-5+. The summed E-state index contributed by atoms with van der Waals surface area (Å²) in [6, 6.07) is 3.36. The second-order valence-electron chi connectivity index (χ2n) is 2.29. The molecule has 0 saturated heterocycles. The Bertz CT molecular complexity index is 371. The van der Waals surface area contributed by atoms with Crippen LogP contribution < -0.4 is 0 Å². The number of hydrogen-bond acceptors (Lipinski definition) is 2. The molecule has 0 unspecified atom stereocenters. The van der Waals surface area contributed by atoms with Crippen LogP contribution in [0, 0.1) is 12.3 Å². The van der Waals surface area contributed by atoms with Crippen LogP contribution in [0.5, 0.6) is 0 Å². The first-order chi connectivity index (χ1) is 6.22. The molecular weight excluding hydrogens is 166 g/mol. The zero-order valence-corrected chi connectivity index (χ0v) is 6.77. The molecule has 0 aliphatic carbocycles. The van der Waals surface area contributed by atoms with Crippen molar-refractivity contribution in [2.75, 3.05) is 0 Å². The van der Waals surface area contributed by atoms with Crippen LogP contribution in [-0.2, 0) is 4.79 Å². The van der Waals surface area contributed by atoms with Crippen molar-refractivity contribution in [1.82, 2.24) is 4.98 Å². The number of aromatic nitrogens is 1. The molecule has 0 bridgehead atoms. The van der Waals surface area contributed by atoms with Crippen molar-refractivity contribution in [2.45, 2.75) is 0 Å². The van der Waals surface area contributed by atoms with Gasteiger partial charge in [0.2, 0.25) is 0 Å². The van der Waals surface area contributed by atoms with Crippen LogP contribution in [0.4, 0.5) is 0 Å². The lowest BCUT2D eigenvalue weighted by molar-refractivity contribution is -0.131. The van der Waals surface area contributed by atoms with E-state index < -0.39 is 5.97 Å². The highest BCUT2D eigenvalue weighted by Crippen LogP contribution is 2.00. The van der Waals surface area contributed by atoms with Gasteiger partial charge in [0.1, 0.15) is 0 Å². The molecule has 0 radical (unpaired) electrons. The van der Waals surface area contributed by atoms with Gasteiger partial charge in [-0.15, -0.1) is 6.42 Å². The predicted molar refractivity (Wildman–Crippen MR) is 48.8 cm³/mol. The second-order valence-corrected chi connectivity index (χ2v) is 2.29. The normalized spacial score (nSPS) is 9.77. The zero-order valence-electron chi connectivity index (χ0n) is 6.77. The third kappa shape index (κ3) is 2.80. The molecule has 0 aliphatic heterocycles. The Morgan fingerprint density at radius 3 is 2.85 bits per heavy atom. The molecule has 0 aromatic carbocycles. The molecule has 0 saturated carbocycles. The molecule has 1 rings (SSSR count). The highest BCUT2D eigenvalue weighted by Gasteiger charge is 1.90. The number of hydrogen-bond donors (Lipinski definition) is 1. The number of terminal acetylenes is 1. The summed E-state index contributed by atoms with van der Waals surface area (Å²) in [7, 11) is 0. The first kappa shape index (κ1) is 9.01. The maximum absolute atomic E-state index is 10.1. The van der Waals surface area contributed by atoms with E-state index in [-0.39, 0.29) is 0 Å². The quantitative estimate of drug-likeness (QED) is 0.539. The summed E-state index contributed by atoms with van der Waals surface area (Å²) in [5.74, 6) is 1.42. The zero-order chi connectivity index (χ0) is 9.68. The Morgan fingerprint density at radius 1 is 1.62 bits per heavy atom. The highest BCUT2D eigenvalue weighted by atomic mass is 16.4. The van der Waals surface area contributed by atoms with E-state index in [1.165, 1.54) is 12.3 Å². The van der Waals surface area contributed by atoms with Crippen molar-refractivity contribution < 1.29 is 9.90 Å². The minimum Gasteiger partial charge on any atom is -0.478 e. The number of nitrogens with zero attached hydrogens (tertiary/aromatic N) is 1. The van der Waals surface area contributed by atoms with Gasteiger partial charge in [-0.2, -0.15) is 0 Å². The number of carbonyl (C=O) groups is 1. The lowest BCUT2D eigenvalue weighted by Gasteiger charge is -1.91. The minimum atomic E-state index is -0.997. The molecule has 1 heterocycles. The molecule has 0 fully saturated rings. The molecule has 64 valence electrons. The molecule has 1 N–H and O–H groups in total. The van der Waals surface area contributed by atoms with Crippen LogP contribution in [-0.4, -0.2) is 16.1 Å². The van der Waals surface area contributed by atoms with Crippen LogP contribution >= 0.6 is 0 Å². The maximum atomic E-state index is 10.1. The summed E-state index contributed by atoms with van der Waals surface area (Å²) in [6.45, 7) is 0. The number of pyridine rings is 1. The lowest BCUT2D eigenvalue weighted by Crippen LogP contribution is -1.87. The Morgan fingerprint density at radius 2 is 2.38 bits per heavy atom. The number of carboxylic acids is 1. The van der Waals surface area contributed by atoms with Crippen LogP contribution in [0.25, 0.3) is 6.08 Å². The van der Waals surface area contributed by atoms with Gasteiger partial charge >= 0.3 is 5.97 Å². The minimum absolute atomic E-state index is 0.571. The molecule has 0 aliphatic rings. The smallest absolute Gasteiger partial charge is 0.328 e. The number of aliphatic carboxylic acids is 1. The van der Waals surface area contributed by atoms with Gasteiger partial charge < -0.3 is 5.11 Å². The Balaban J connectivity index is 2.82. The van der Waals surface area contributed by atoms with Gasteiger partial charge in [-0.3, -0.25) is 4.98 Å². The van der Waals surface area contributed by atoms with E-state index in [0.29, 0.717) is 11.3 Å². The van der Waals surface area contributed by atoms with Gasteiger partial charge in [-0.25, -0.2) is 4.79 Å². The van der Waals surface area contributed by atoms with E-state index >= 15 is 0 Å². The second kappa shape index (κ2) is 4.07. The van der Waals surface area contributed by atoms with Crippen molar-refractivity contribution in [3.8, 4) is 12.3 Å². The summed E-state index contributed by atoms with van der Waals surface area (Å²) in [4.78, 5) is 14.1. The molecule has 1 aromatic rings. The molecule has 0 spiro atoms. The monoisotopic (exact) mass is 173 g/mol. The fourth-order valence-electron chi connectivity index (χ4n) is 0.746. The molecule has 3 heteroatoms.